The van der Waals surface area contributed by atoms with Gasteiger partial charge in [-0.2, -0.15) is 0 Å². The van der Waals surface area contributed by atoms with Crippen molar-refractivity contribution in [3.05, 3.63) is 88.5 Å². The summed E-state index contributed by atoms with van der Waals surface area (Å²) in [5.41, 5.74) is 3.30. The van der Waals surface area contributed by atoms with E-state index in [1.54, 1.807) is 12.1 Å². The van der Waals surface area contributed by atoms with Crippen molar-refractivity contribution in [1.82, 2.24) is 20.1 Å². The van der Waals surface area contributed by atoms with Crippen LogP contribution in [-0.2, 0) is 4.79 Å². The summed E-state index contributed by atoms with van der Waals surface area (Å²) in [6, 6.07) is 17.0. The molecule has 224 valence electrons. The van der Waals surface area contributed by atoms with Crippen molar-refractivity contribution in [1.29, 1.82) is 0 Å². The second-order valence-electron chi connectivity index (χ2n) is 10.1. The number of nitrogens with zero attached hydrogens (tertiary/aromatic N) is 4. The highest BCUT2D eigenvalue weighted by molar-refractivity contribution is 6.30. The molecule has 5 N–H and O–H groups in total. The van der Waals surface area contributed by atoms with Crippen LogP contribution in [0.15, 0.2) is 65.7 Å². The van der Waals surface area contributed by atoms with Gasteiger partial charge in [-0.15, -0.1) is 10.2 Å². The van der Waals surface area contributed by atoms with Gasteiger partial charge < -0.3 is 25.4 Å². The van der Waals surface area contributed by atoms with Crippen LogP contribution >= 0.6 is 11.6 Å². The summed E-state index contributed by atoms with van der Waals surface area (Å²) < 4.78 is 8.00. The minimum absolute atomic E-state index is 0.144. The first-order valence-electron chi connectivity index (χ1n) is 14.0. The van der Waals surface area contributed by atoms with Crippen LogP contribution in [0.5, 0.6) is 17.2 Å². The minimum atomic E-state index is -0.787. The second-order valence-corrected chi connectivity index (χ2v) is 10.5. The molecular formula is C31H33ClN6O5. The molecule has 1 amide bonds. The van der Waals surface area contributed by atoms with E-state index in [4.69, 9.17) is 21.3 Å². The molecule has 0 aliphatic carbocycles. The molecule has 43 heavy (non-hydrogen) atoms. The number of anilines is 1. The molecule has 5 rings (SSSR count). The number of hydrogen-bond acceptors (Lipinski definition) is 9. The zero-order valence-electron chi connectivity index (χ0n) is 23.8. The van der Waals surface area contributed by atoms with Gasteiger partial charge in [-0.3, -0.25) is 19.7 Å². The van der Waals surface area contributed by atoms with E-state index in [0.717, 1.165) is 16.8 Å². The summed E-state index contributed by atoms with van der Waals surface area (Å²) in [6.07, 6.45) is 0.0728. The number of amides is 1. The molecule has 2 unspecified atom stereocenters. The van der Waals surface area contributed by atoms with Gasteiger partial charge >= 0.3 is 0 Å². The fourth-order valence-corrected chi connectivity index (χ4v) is 5.08. The van der Waals surface area contributed by atoms with Crippen molar-refractivity contribution in [2.24, 2.45) is 4.99 Å². The lowest BCUT2D eigenvalue weighted by atomic mass is 10.00. The summed E-state index contributed by atoms with van der Waals surface area (Å²) in [4.78, 5) is 17.5. The zero-order chi connectivity index (χ0) is 30.5. The van der Waals surface area contributed by atoms with Crippen LogP contribution in [-0.4, -0.2) is 61.1 Å². The summed E-state index contributed by atoms with van der Waals surface area (Å²) >= 11 is 6.19. The van der Waals surface area contributed by atoms with Crippen LogP contribution in [0.2, 0.25) is 5.02 Å². The third kappa shape index (κ3) is 6.80. The van der Waals surface area contributed by atoms with Crippen LogP contribution in [0.25, 0.3) is 5.69 Å². The Morgan fingerprint density at radius 3 is 2.67 bits per heavy atom. The molecule has 3 aromatic carbocycles. The predicted octanol–water partition coefficient (Wildman–Crippen LogP) is 4.65. The highest BCUT2D eigenvalue weighted by atomic mass is 35.5. The first-order valence-corrected chi connectivity index (χ1v) is 14.4. The molecule has 0 radical (unpaired) electrons. The third-order valence-corrected chi connectivity index (χ3v) is 7.26. The minimum Gasteiger partial charge on any atom is -0.504 e. The molecule has 0 spiro atoms. The molecule has 2 heterocycles. The Hall–Kier alpha value is -4.45. The number of fused-ring (bicyclic) bond motifs is 3. The van der Waals surface area contributed by atoms with Crippen molar-refractivity contribution >= 4 is 28.9 Å². The van der Waals surface area contributed by atoms with E-state index in [1.165, 1.54) is 18.2 Å². The molecule has 0 bridgehead atoms. The standard InChI is InChI=1S/C31H33ClN6O5/c1-3-33-28(41)17-24-31-37-36-18(2)38(31)25-14-13-21(16-22(25)29(35-24)19-9-11-20(32)12-10-19)43-15-5-8-27(40)34-23-6-4-7-26(39)30(23)42/h4,6-7,9-14,16,24,28,33,39,41-42H,3,5,8,15,17H2,1-2H3,(H,34,40). The van der Waals surface area contributed by atoms with E-state index < -0.39 is 12.3 Å². The lowest BCUT2D eigenvalue weighted by Crippen LogP contribution is -2.30. The SMILES string of the molecule is CCNC(O)CC1N=C(c2ccc(Cl)cc2)c2cc(OCCCC(=O)Nc3cccc(O)c3O)ccc2-n2c(C)nnc21. The number of aryl methyl sites for hydroxylation is 1. The van der Waals surface area contributed by atoms with E-state index in [2.05, 4.69) is 20.8 Å². The van der Waals surface area contributed by atoms with E-state index in [1.807, 2.05) is 48.7 Å². The number of aliphatic imine (C=N–C) groups is 1. The van der Waals surface area contributed by atoms with Crippen LogP contribution < -0.4 is 15.4 Å². The molecule has 1 aromatic heterocycles. The van der Waals surface area contributed by atoms with Gasteiger partial charge in [-0.1, -0.05) is 36.7 Å². The van der Waals surface area contributed by atoms with Gasteiger partial charge in [0.15, 0.2) is 17.3 Å². The number of ether oxygens (including phenoxy) is 1. The lowest BCUT2D eigenvalue weighted by molar-refractivity contribution is -0.116. The quantitative estimate of drug-likeness (QED) is 0.0942. The van der Waals surface area contributed by atoms with Crippen LogP contribution in [0.4, 0.5) is 5.69 Å². The highest BCUT2D eigenvalue weighted by Crippen LogP contribution is 2.35. The fraction of sp³-hybridized carbons (Fsp3) is 0.290. The number of halogens is 1. The predicted molar refractivity (Wildman–Crippen MR) is 163 cm³/mol. The number of rotatable bonds is 11. The van der Waals surface area contributed by atoms with Gasteiger partial charge in [0.25, 0.3) is 0 Å². The van der Waals surface area contributed by atoms with Gasteiger partial charge in [0, 0.05) is 29.0 Å². The first kappa shape index (κ1) is 30.0. The molecule has 2 atom stereocenters. The highest BCUT2D eigenvalue weighted by Gasteiger charge is 2.30. The molecule has 0 saturated heterocycles. The average Bonchev–Trinajstić information content (AvgIpc) is 3.31. The third-order valence-electron chi connectivity index (χ3n) is 7.01. The number of aliphatic hydroxyl groups excluding tert-OH is 1. The maximum atomic E-state index is 12.4. The van der Waals surface area contributed by atoms with E-state index in [9.17, 15) is 20.1 Å². The molecular weight excluding hydrogens is 572 g/mol. The number of hydrogen-bond donors (Lipinski definition) is 5. The lowest BCUT2D eigenvalue weighted by Gasteiger charge is -2.17. The first-order chi connectivity index (χ1) is 20.7. The Bertz CT molecular complexity index is 1640. The van der Waals surface area contributed by atoms with Crippen LogP contribution in [0.1, 0.15) is 55.0 Å². The summed E-state index contributed by atoms with van der Waals surface area (Å²) in [7, 11) is 0. The molecule has 0 fully saturated rings. The average molecular weight is 605 g/mol. The maximum Gasteiger partial charge on any atom is 0.224 e. The Balaban J connectivity index is 1.39. The number of benzene rings is 3. The van der Waals surface area contributed by atoms with E-state index in [0.29, 0.717) is 47.5 Å². The monoisotopic (exact) mass is 604 g/mol. The molecule has 11 nitrogen and oxygen atoms in total. The van der Waals surface area contributed by atoms with Crippen molar-refractivity contribution in [3.8, 4) is 22.9 Å². The molecule has 0 saturated carbocycles. The number of carbonyl (C=O) groups excluding carboxylic acids is 1. The second kappa shape index (κ2) is 13.2. The Kier molecular flexibility index (Phi) is 9.24. The van der Waals surface area contributed by atoms with Crippen molar-refractivity contribution in [2.75, 3.05) is 18.5 Å². The summed E-state index contributed by atoms with van der Waals surface area (Å²) in [6.45, 7) is 4.67. The number of phenolic OH excluding ortho intramolecular Hbond substituents is 2. The molecule has 4 aromatic rings. The number of phenols is 2. The zero-order valence-corrected chi connectivity index (χ0v) is 24.5. The topological polar surface area (TPSA) is 154 Å². The molecule has 12 heteroatoms. The normalized spacial score (nSPS) is 14.7. The van der Waals surface area contributed by atoms with E-state index in [-0.39, 0.29) is 36.1 Å². The van der Waals surface area contributed by atoms with Crippen molar-refractivity contribution in [3.63, 3.8) is 0 Å². The van der Waals surface area contributed by atoms with E-state index >= 15 is 0 Å². The number of nitrogens with one attached hydrogen (secondary N) is 2. The molecule has 1 aliphatic rings. The Morgan fingerprint density at radius 1 is 1.12 bits per heavy atom. The number of aliphatic hydroxyl groups is 1. The van der Waals surface area contributed by atoms with Crippen LogP contribution in [0.3, 0.4) is 0 Å². The van der Waals surface area contributed by atoms with Gasteiger partial charge in [-0.25, -0.2) is 0 Å². The fourth-order valence-electron chi connectivity index (χ4n) is 4.96. The number of carbonyl (C=O) groups is 1. The van der Waals surface area contributed by atoms with Gasteiger partial charge in [0.05, 0.1) is 23.7 Å². The van der Waals surface area contributed by atoms with Gasteiger partial charge in [0.1, 0.15) is 23.8 Å². The summed E-state index contributed by atoms with van der Waals surface area (Å²) in [5, 5.41) is 45.2. The Morgan fingerprint density at radius 2 is 1.91 bits per heavy atom. The Labute approximate surface area is 253 Å². The largest absolute Gasteiger partial charge is 0.504 e. The van der Waals surface area contributed by atoms with Crippen molar-refractivity contribution in [2.45, 2.75) is 45.4 Å². The maximum absolute atomic E-state index is 12.4. The number of aromatic hydroxyl groups is 2. The van der Waals surface area contributed by atoms with Crippen LogP contribution in [0, 0.1) is 6.92 Å². The number of aromatic nitrogens is 3. The smallest absolute Gasteiger partial charge is 0.224 e. The molecule has 1 aliphatic heterocycles. The van der Waals surface area contributed by atoms with Gasteiger partial charge in [0.2, 0.25) is 5.91 Å². The summed E-state index contributed by atoms with van der Waals surface area (Å²) in [5.74, 6) is 0.899. The van der Waals surface area contributed by atoms with Gasteiger partial charge in [-0.05, 0) is 62.4 Å². The number of para-hydroxylation sites is 1. The van der Waals surface area contributed by atoms with Crippen molar-refractivity contribution < 1.29 is 24.9 Å².